The molecule has 0 aromatic heterocycles. The second-order valence-electron chi connectivity index (χ2n) is 6.60. The highest BCUT2D eigenvalue weighted by Gasteiger charge is 2.40. The van der Waals surface area contributed by atoms with Crippen molar-refractivity contribution >= 4 is 34.7 Å². The highest BCUT2D eigenvalue weighted by Crippen LogP contribution is 2.36. The number of nitrogens with zero attached hydrogens (tertiary/aromatic N) is 1. The van der Waals surface area contributed by atoms with Crippen molar-refractivity contribution in [3.63, 3.8) is 0 Å². The number of imide groups is 1. The SMILES string of the molecule is COCCCN1C(=O)C(Nc2cccc(Cl)c2C)=C(c2ccccc2OC)C1=O. The van der Waals surface area contributed by atoms with Crippen LogP contribution in [0, 0.1) is 6.92 Å². The molecule has 1 aliphatic heterocycles. The lowest BCUT2D eigenvalue weighted by atomic mass is 10.0. The Balaban J connectivity index is 2.08. The van der Waals surface area contributed by atoms with Crippen LogP contribution >= 0.6 is 11.6 Å². The Kier molecular flexibility index (Phi) is 6.56. The van der Waals surface area contributed by atoms with Gasteiger partial charge in [0, 0.05) is 36.5 Å². The standard InChI is InChI=1S/C22H23ClN2O4/c1-14-16(23)9-6-10-17(14)24-20-19(15-8-4-5-11-18(15)29-3)21(26)25(22(20)27)12-7-13-28-2/h4-6,8-11,24H,7,12-13H2,1-3H3. The number of benzene rings is 2. The number of halogens is 1. The largest absolute Gasteiger partial charge is 0.496 e. The van der Waals surface area contributed by atoms with Crippen LogP contribution in [0.3, 0.4) is 0 Å². The average Bonchev–Trinajstić information content (AvgIpc) is 2.95. The summed E-state index contributed by atoms with van der Waals surface area (Å²) in [5.41, 5.74) is 2.51. The van der Waals surface area contributed by atoms with Gasteiger partial charge in [-0.3, -0.25) is 14.5 Å². The Bertz CT molecular complexity index is 971. The van der Waals surface area contributed by atoms with E-state index in [0.29, 0.717) is 35.1 Å². The minimum Gasteiger partial charge on any atom is -0.496 e. The number of ether oxygens (including phenoxy) is 2. The van der Waals surface area contributed by atoms with Crippen molar-refractivity contribution in [3.05, 3.63) is 64.3 Å². The fraction of sp³-hybridized carbons (Fsp3) is 0.273. The summed E-state index contributed by atoms with van der Waals surface area (Å²) in [7, 11) is 3.12. The molecule has 0 atom stereocenters. The van der Waals surface area contributed by atoms with Crippen LogP contribution in [0.2, 0.25) is 5.02 Å². The van der Waals surface area contributed by atoms with E-state index in [0.717, 1.165) is 5.56 Å². The van der Waals surface area contributed by atoms with Crippen molar-refractivity contribution in [3.8, 4) is 5.75 Å². The molecule has 0 saturated heterocycles. The molecule has 0 spiro atoms. The number of anilines is 1. The Morgan fingerprint density at radius 1 is 1.03 bits per heavy atom. The molecule has 2 aromatic rings. The number of carbonyl (C=O) groups is 2. The molecule has 1 heterocycles. The summed E-state index contributed by atoms with van der Waals surface area (Å²) < 4.78 is 10.5. The van der Waals surface area contributed by atoms with E-state index in [2.05, 4.69) is 5.32 Å². The number of rotatable bonds is 8. The molecule has 0 aliphatic carbocycles. The molecule has 29 heavy (non-hydrogen) atoms. The first-order chi connectivity index (χ1) is 14.0. The van der Waals surface area contributed by atoms with Gasteiger partial charge in [-0.05, 0) is 37.1 Å². The maximum Gasteiger partial charge on any atom is 0.278 e. The number of para-hydroxylation sites is 1. The number of nitrogens with one attached hydrogen (secondary N) is 1. The second-order valence-corrected chi connectivity index (χ2v) is 7.00. The van der Waals surface area contributed by atoms with Gasteiger partial charge in [0.05, 0.1) is 12.7 Å². The number of amides is 2. The molecule has 2 amide bonds. The monoisotopic (exact) mass is 414 g/mol. The summed E-state index contributed by atoms with van der Waals surface area (Å²) in [6.07, 6.45) is 0.552. The molecule has 2 aromatic carbocycles. The molecule has 0 saturated carbocycles. The number of hydrogen-bond donors (Lipinski definition) is 1. The first-order valence-corrected chi connectivity index (χ1v) is 9.62. The van der Waals surface area contributed by atoms with E-state index in [1.54, 1.807) is 37.4 Å². The maximum absolute atomic E-state index is 13.2. The molecule has 152 valence electrons. The minimum atomic E-state index is -0.383. The molecular formula is C22H23ClN2O4. The Morgan fingerprint density at radius 3 is 2.52 bits per heavy atom. The average molecular weight is 415 g/mol. The molecule has 0 fully saturated rings. The molecule has 0 unspecified atom stereocenters. The molecule has 0 bridgehead atoms. The molecule has 1 N–H and O–H groups in total. The van der Waals surface area contributed by atoms with Gasteiger partial charge in [0.25, 0.3) is 11.8 Å². The van der Waals surface area contributed by atoms with Crippen molar-refractivity contribution in [1.82, 2.24) is 4.90 Å². The first kappa shape index (κ1) is 20.9. The van der Waals surface area contributed by atoms with E-state index in [4.69, 9.17) is 21.1 Å². The lowest BCUT2D eigenvalue weighted by Crippen LogP contribution is -2.34. The molecule has 7 heteroatoms. The highest BCUT2D eigenvalue weighted by molar-refractivity contribution is 6.37. The number of methoxy groups -OCH3 is 2. The molecule has 0 radical (unpaired) electrons. The van der Waals surface area contributed by atoms with E-state index in [-0.39, 0.29) is 29.6 Å². The summed E-state index contributed by atoms with van der Waals surface area (Å²) in [4.78, 5) is 27.6. The van der Waals surface area contributed by atoms with Gasteiger partial charge in [0.2, 0.25) is 0 Å². The van der Waals surface area contributed by atoms with Crippen LogP contribution in [0.4, 0.5) is 5.69 Å². The van der Waals surface area contributed by atoms with Crippen LogP contribution < -0.4 is 10.1 Å². The summed E-state index contributed by atoms with van der Waals surface area (Å²) in [5, 5.41) is 3.72. The van der Waals surface area contributed by atoms with Crippen LogP contribution in [-0.4, -0.2) is 44.1 Å². The predicted molar refractivity (Wildman–Crippen MR) is 113 cm³/mol. The van der Waals surface area contributed by atoms with Crippen LogP contribution in [0.5, 0.6) is 5.75 Å². The van der Waals surface area contributed by atoms with Crippen molar-refractivity contribution in [2.75, 3.05) is 32.7 Å². The normalized spacial score (nSPS) is 14.0. The van der Waals surface area contributed by atoms with E-state index in [1.807, 2.05) is 19.1 Å². The zero-order chi connectivity index (χ0) is 21.0. The van der Waals surface area contributed by atoms with Gasteiger partial charge in [0.15, 0.2) is 0 Å². The van der Waals surface area contributed by atoms with Gasteiger partial charge in [-0.15, -0.1) is 0 Å². The Labute approximate surface area is 175 Å². The second kappa shape index (κ2) is 9.11. The van der Waals surface area contributed by atoms with E-state index in [9.17, 15) is 9.59 Å². The molecular weight excluding hydrogens is 392 g/mol. The molecule has 1 aliphatic rings. The van der Waals surface area contributed by atoms with E-state index in [1.165, 1.54) is 12.0 Å². The van der Waals surface area contributed by atoms with Crippen molar-refractivity contribution in [2.45, 2.75) is 13.3 Å². The lowest BCUT2D eigenvalue weighted by Gasteiger charge is -2.15. The summed E-state index contributed by atoms with van der Waals surface area (Å²) in [6.45, 7) is 2.58. The van der Waals surface area contributed by atoms with Crippen LogP contribution in [0.15, 0.2) is 48.2 Å². The third kappa shape index (κ3) is 4.13. The number of hydrogen-bond acceptors (Lipinski definition) is 5. The van der Waals surface area contributed by atoms with Crippen molar-refractivity contribution < 1.29 is 19.1 Å². The van der Waals surface area contributed by atoms with Crippen molar-refractivity contribution in [2.24, 2.45) is 0 Å². The zero-order valence-electron chi connectivity index (χ0n) is 16.6. The van der Waals surface area contributed by atoms with Gasteiger partial charge >= 0.3 is 0 Å². The van der Waals surface area contributed by atoms with Gasteiger partial charge in [-0.25, -0.2) is 0 Å². The number of carbonyl (C=O) groups excluding carboxylic acids is 2. The van der Waals surface area contributed by atoms with Gasteiger partial charge in [0.1, 0.15) is 11.4 Å². The predicted octanol–water partition coefficient (Wildman–Crippen LogP) is 3.89. The quantitative estimate of drug-likeness (QED) is 0.524. The fourth-order valence-corrected chi connectivity index (χ4v) is 3.42. The third-order valence-corrected chi connectivity index (χ3v) is 5.21. The Morgan fingerprint density at radius 2 is 1.79 bits per heavy atom. The fourth-order valence-electron chi connectivity index (χ4n) is 3.24. The summed E-state index contributed by atoms with van der Waals surface area (Å²) in [6, 6.07) is 12.5. The van der Waals surface area contributed by atoms with Crippen LogP contribution in [0.1, 0.15) is 17.5 Å². The summed E-state index contributed by atoms with van der Waals surface area (Å²) in [5.74, 6) is -0.228. The van der Waals surface area contributed by atoms with Crippen molar-refractivity contribution in [1.29, 1.82) is 0 Å². The zero-order valence-corrected chi connectivity index (χ0v) is 17.4. The highest BCUT2D eigenvalue weighted by atomic mass is 35.5. The molecule has 6 nitrogen and oxygen atoms in total. The summed E-state index contributed by atoms with van der Waals surface area (Å²) >= 11 is 6.23. The van der Waals surface area contributed by atoms with Gasteiger partial charge in [-0.2, -0.15) is 0 Å². The molecule has 3 rings (SSSR count). The van der Waals surface area contributed by atoms with E-state index < -0.39 is 0 Å². The van der Waals surface area contributed by atoms with Gasteiger partial charge < -0.3 is 14.8 Å². The maximum atomic E-state index is 13.2. The first-order valence-electron chi connectivity index (χ1n) is 9.24. The van der Waals surface area contributed by atoms with E-state index >= 15 is 0 Å². The Hall–Kier alpha value is -2.83. The smallest absolute Gasteiger partial charge is 0.278 e. The topological polar surface area (TPSA) is 67.9 Å². The minimum absolute atomic E-state index is 0.210. The van der Waals surface area contributed by atoms with Gasteiger partial charge in [-0.1, -0.05) is 35.9 Å². The third-order valence-electron chi connectivity index (χ3n) is 4.80. The van der Waals surface area contributed by atoms with Crippen LogP contribution in [-0.2, 0) is 14.3 Å². The lowest BCUT2D eigenvalue weighted by molar-refractivity contribution is -0.137. The van der Waals surface area contributed by atoms with Crippen LogP contribution in [0.25, 0.3) is 5.57 Å².